The normalized spacial score (nSPS) is 34.2. The number of aliphatic hydroxyl groups is 1. The first-order valence-electron chi connectivity index (χ1n) is 6.76. The highest BCUT2D eigenvalue weighted by Gasteiger charge is 2.57. The zero-order valence-electron chi connectivity index (χ0n) is 11.1. The van der Waals surface area contributed by atoms with Gasteiger partial charge in [0.05, 0.1) is 18.1 Å². The average molecular weight is 299 g/mol. The molecule has 0 bridgehead atoms. The Labute approximate surface area is 120 Å². The van der Waals surface area contributed by atoms with Gasteiger partial charge in [-0.15, -0.1) is 11.8 Å². The van der Waals surface area contributed by atoms with Crippen LogP contribution in [-0.2, 0) is 14.3 Å². The van der Waals surface area contributed by atoms with Gasteiger partial charge in [0, 0.05) is 17.9 Å². The molecule has 3 aliphatic rings. The van der Waals surface area contributed by atoms with Crippen LogP contribution in [0.5, 0.6) is 0 Å². The van der Waals surface area contributed by atoms with Crippen LogP contribution in [0, 0.1) is 5.92 Å². The van der Waals surface area contributed by atoms with Crippen LogP contribution >= 0.6 is 11.8 Å². The first-order chi connectivity index (χ1) is 9.50. The number of thioether (sulfide) groups is 1. The van der Waals surface area contributed by atoms with Crippen LogP contribution in [-0.4, -0.2) is 51.2 Å². The molecule has 6 nitrogen and oxygen atoms in total. The monoisotopic (exact) mass is 299 g/mol. The molecule has 3 heterocycles. The Morgan fingerprint density at radius 1 is 1.60 bits per heavy atom. The van der Waals surface area contributed by atoms with Crippen LogP contribution in [0.4, 0.5) is 0 Å². The van der Waals surface area contributed by atoms with Crippen LogP contribution < -0.4 is 0 Å². The molecular weight excluding hydrogens is 282 g/mol. The number of amides is 1. The summed E-state index contributed by atoms with van der Waals surface area (Å²) in [7, 11) is 0. The predicted octanol–water partition coefficient (Wildman–Crippen LogP) is 0.764. The first kappa shape index (κ1) is 13.9. The molecule has 0 aromatic carbocycles. The van der Waals surface area contributed by atoms with E-state index in [1.165, 1.54) is 16.7 Å². The molecule has 110 valence electrons. The van der Waals surface area contributed by atoms with Crippen LogP contribution in [0.15, 0.2) is 10.6 Å². The fourth-order valence-corrected chi connectivity index (χ4v) is 4.69. The lowest BCUT2D eigenvalue weighted by atomic mass is 9.92. The number of fused-ring (bicyclic) bond motifs is 1. The lowest BCUT2D eigenvalue weighted by Crippen LogP contribution is -2.60. The standard InChI is InChI=1S/C13H17NO5S/c1-6(15)9-11(16)14-10(13(17)18)8(20-12(9)14)5-7-3-2-4-19-7/h6-7,9,12,15H,2-5H2,1H3,(H,17,18)/t6-,7?,9+,12-/m1/s1. The maximum atomic E-state index is 12.0. The Hall–Kier alpha value is -1.05. The van der Waals surface area contributed by atoms with Crippen LogP contribution in [0.1, 0.15) is 26.2 Å². The summed E-state index contributed by atoms with van der Waals surface area (Å²) in [6.45, 7) is 2.28. The lowest BCUT2D eigenvalue weighted by Gasteiger charge is -2.43. The smallest absolute Gasteiger partial charge is 0.353 e. The minimum Gasteiger partial charge on any atom is -0.477 e. The molecule has 3 rings (SSSR count). The van der Waals surface area contributed by atoms with Gasteiger partial charge in [-0.05, 0) is 19.8 Å². The second kappa shape index (κ2) is 5.05. The predicted molar refractivity (Wildman–Crippen MR) is 71.6 cm³/mol. The largest absolute Gasteiger partial charge is 0.477 e. The highest BCUT2D eigenvalue weighted by Crippen LogP contribution is 2.51. The number of carboxylic acids is 1. The highest BCUT2D eigenvalue weighted by atomic mass is 32.2. The van der Waals surface area contributed by atoms with Gasteiger partial charge in [0.1, 0.15) is 11.1 Å². The van der Waals surface area contributed by atoms with E-state index in [4.69, 9.17) is 4.74 Å². The third-order valence-electron chi connectivity index (χ3n) is 4.01. The fraction of sp³-hybridized carbons (Fsp3) is 0.692. The van der Waals surface area contributed by atoms with Crippen molar-refractivity contribution in [3.05, 3.63) is 10.6 Å². The molecular formula is C13H17NO5S. The molecule has 2 N–H and O–H groups in total. The third-order valence-corrected chi connectivity index (χ3v) is 5.40. The fourth-order valence-electron chi connectivity index (χ4n) is 3.01. The number of carboxylic acid groups (broad SMARTS) is 1. The zero-order chi connectivity index (χ0) is 14.4. The summed E-state index contributed by atoms with van der Waals surface area (Å²) in [4.78, 5) is 25.4. The number of hydrogen-bond acceptors (Lipinski definition) is 5. The van der Waals surface area contributed by atoms with Gasteiger partial charge in [-0.3, -0.25) is 9.69 Å². The van der Waals surface area contributed by atoms with Crippen molar-refractivity contribution in [3.63, 3.8) is 0 Å². The summed E-state index contributed by atoms with van der Waals surface area (Å²) in [6, 6.07) is 0. The van der Waals surface area contributed by atoms with Crippen molar-refractivity contribution in [2.75, 3.05) is 6.61 Å². The van der Waals surface area contributed by atoms with Gasteiger partial charge in [-0.25, -0.2) is 4.79 Å². The summed E-state index contributed by atoms with van der Waals surface area (Å²) < 4.78 is 5.54. The van der Waals surface area contributed by atoms with E-state index >= 15 is 0 Å². The van der Waals surface area contributed by atoms with Crippen molar-refractivity contribution >= 4 is 23.6 Å². The van der Waals surface area contributed by atoms with Crippen molar-refractivity contribution in [1.82, 2.24) is 4.90 Å². The van der Waals surface area contributed by atoms with E-state index in [1.807, 2.05) is 0 Å². The van der Waals surface area contributed by atoms with Crippen molar-refractivity contribution in [3.8, 4) is 0 Å². The molecule has 4 atom stereocenters. The number of hydrogen-bond donors (Lipinski definition) is 2. The molecule has 1 amide bonds. The summed E-state index contributed by atoms with van der Waals surface area (Å²) in [5, 5.41) is 18.7. The summed E-state index contributed by atoms with van der Waals surface area (Å²) in [6.07, 6.45) is 1.75. The van der Waals surface area contributed by atoms with Crippen LogP contribution in [0.25, 0.3) is 0 Å². The van der Waals surface area contributed by atoms with E-state index in [1.54, 1.807) is 6.92 Å². The number of β-lactam (4-membered cyclic amide) rings is 1. The quantitative estimate of drug-likeness (QED) is 0.745. The number of carbonyl (C=O) groups is 2. The molecule has 20 heavy (non-hydrogen) atoms. The SMILES string of the molecule is C[C@@H](O)[C@H]1C(=O)N2C(C(=O)O)=C(CC3CCCO3)S[C@H]12. The van der Waals surface area contributed by atoms with Gasteiger partial charge in [-0.1, -0.05) is 0 Å². The summed E-state index contributed by atoms with van der Waals surface area (Å²) >= 11 is 1.39. The molecule has 1 unspecified atom stereocenters. The van der Waals surface area contributed by atoms with Crippen LogP contribution in [0.2, 0.25) is 0 Å². The number of aliphatic hydroxyl groups excluding tert-OH is 1. The molecule has 0 saturated carbocycles. The van der Waals surface area contributed by atoms with Gasteiger partial charge in [0.2, 0.25) is 5.91 Å². The Morgan fingerprint density at radius 3 is 2.90 bits per heavy atom. The van der Waals surface area contributed by atoms with Gasteiger partial charge in [0.25, 0.3) is 0 Å². The maximum absolute atomic E-state index is 12.0. The van der Waals surface area contributed by atoms with Gasteiger partial charge >= 0.3 is 5.97 Å². The van der Waals surface area contributed by atoms with Crippen molar-refractivity contribution < 1.29 is 24.5 Å². The Kier molecular flexibility index (Phi) is 3.51. The molecule has 7 heteroatoms. The maximum Gasteiger partial charge on any atom is 0.353 e. The van der Waals surface area contributed by atoms with Crippen molar-refractivity contribution in [2.24, 2.45) is 5.92 Å². The molecule has 3 aliphatic heterocycles. The van der Waals surface area contributed by atoms with Crippen molar-refractivity contribution in [1.29, 1.82) is 0 Å². The Bertz CT molecular complexity index is 483. The zero-order valence-corrected chi connectivity index (χ0v) is 11.9. The number of rotatable bonds is 4. The van der Waals surface area contributed by atoms with E-state index in [9.17, 15) is 19.8 Å². The molecule has 0 aromatic heterocycles. The number of nitrogens with zero attached hydrogens (tertiary/aromatic N) is 1. The highest BCUT2D eigenvalue weighted by molar-refractivity contribution is 8.04. The lowest BCUT2D eigenvalue weighted by molar-refractivity contribution is -0.156. The number of ether oxygens (including phenoxy) is 1. The van der Waals surface area contributed by atoms with E-state index < -0.39 is 18.0 Å². The van der Waals surface area contributed by atoms with Gasteiger partial charge < -0.3 is 14.9 Å². The van der Waals surface area contributed by atoms with E-state index in [-0.39, 0.29) is 23.1 Å². The van der Waals surface area contributed by atoms with Gasteiger partial charge in [0.15, 0.2) is 0 Å². The molecule has 0 aromatic rings. The molecule has 0 spiro atoms. The van der Waals surface area contributed by atoms with Gasteiger partial charge in [-0.2, -0.15) is 0 Å². The number of aliphatic carboxylic acids is 1. The first-order valence-corrected chi connectivity index (χ1v) is 7.64. The molecule has 0 aliphatic carbocycles. The summed E-state index contributed by atoms with van der Waals surface area (Å²) in [5.74, 6) is -1.88. The van der Waals surface area contributed by atoms with Crippen molar-refractivity contribution in [2.45, 2.75) is 43.8 Å². The minimum absolute atomic E-state index is 0.0469. The molecule has 0 radical (unpaired) electrons. The molecule has 2 saturated heterocycles. The number of carbonyl (C=O) groups excluding carboxylic acids is 1. The summed E-state index contributed by atoms with van der Waals surface area (Å²) in [5.41, 5.74) is 0.0809. The Balaban J connectivity index is 1.81. The third kappa shape index (κ3) is 2.04. The van der Waals surface area contributed by atoms with E-state index in [0.717, 1.165) is 12.8 Å². The minimum atomic E-state index is -1.08. The van der Waals surface area contributed by atoms with E-state index in [2.05, 4.69) is 0 Å². The molecule has 2 fully saturated rings. The Morgan fingerprint density at radius 2 is 2.35 bits per heavy atom. The average Bonchev–Trinajstić information content (AvgIpc) is 2.95. The van der Waals surface area contributed by atoms with Crippen LogP contribution in [0.3, 0.4) is 0 Å². The topological polar surface area (TPSA) is 87.1 Å². The van der Waals surface area contributed by atoms with E-state index in [0.29, 0.717) is 17.9 Å². The second-order valence-electron chi connectivity index (χ2n) is 5.40. The second-order valence-corrected chi connectivity index (χ2v) is 6.61.